The van der Waals surface area contributed by atoms with E-state index in [1.807, 2.05) is 12.4 Å². The Bertz CT molecular complexity index is 858. The van der Waals surface area contributed by atoms with Crippen LogP contribution in [-0.2, 0) is 23.0 Å². The van der Waals surface area contributed by atoms with Crippen LogP contribution < -0.4 is 0 Å². The van der Waals surface area contributed by atoms with Gasteiger partial charge in [-0.15, -0.1) is 0 Å². The summed E-state index contributed by atoms with van der Waals surface area (Å²) in [5.74, 6) is 1.09. The van der Waals surface area contributed by atoms with Crippen molar-refractivity contribution in [1.82, 2.24) is 18.8 Å². The van der Waals surface area contributed by atoms with Crippen molar-refractivity contribution in [3.63, 3.8) is 0 Å². The molecule has 0 radical (unpaired) electrons. The molecular formula is C18H25ClN4O2S. The van der Waals surface area contributed by atoms with E-state index in [9.17, 15) is 8.42 Å². The number of nitrogens with zero attached hydrogens (tertiary/aromatic N) is 4. The number of hydrogen-bond acceptors (Lipinski definition) is 4. The third-order valence-corrected chi connectivity index (χ3v) is 7.39. The summed E-state index contributed by atoms with van der Waals surface area (Å²) >= 11 is 6.10. The SMILES string of the molecule is CCc1nccn1CCN1CCN(S(=O)(=O)c2cccc(Cl)c2C)CC1. The van der Waals surface area contributed by atoms with Crippen molar-refractivity contribution in [3.05, 3.63) is 47.0 Å². The lowest BCUT2D eigenvalue weighted by Crippen LogP contribution is -2.49. The normalized spacial score (nSPS) is 16.9. The Balaban J connectivity index is 1.60. The molecule has 0 N–H and O–H groups in total. The van der Waals surface area contributed by atoms with Crippen LogP contribution in [0, 0.1) is 6.92 Å². The van der Waals surface area contributed by atoms with Gasteiger partial charge in [0.1, 0.15) is 5.82 Å². The van der Waals surface area contributed by atoms with Gasteiger partial charge >= 0.3 is 0 Å². The van der Waals surface area contributed by atoms with Gasteiger partial charge in [0.05, 0.1) is 4.90 Å². The monoisotopic (exact) mass is 396 g/mol. The second kappa shape index (κ2) is 8.08. The number of benzene rings is 1. The average molecular weight is 397 g/mol. The van der Waals surface area contributed by atoms with Gasteiger partial charge in [-0.3, -0.25) is 4.90 Å². The van der Waals surface area contributed by atoms with E-state index in [1.54, 1.807) is 29.4 Å². The maximum atomic E-state index is 12.9. The van der Waals surface area contributed by atoms with Crippen LogP contribution in [0.4, 0.5) is 0 Å². The highest BCUT2D eigenvalue weighted by Crippen LogP contribution is 2.26. The molecule has 1 aliphatic heterocycles. The van der Waals surface area contributed by atoms with Crippen LogP contribution >= 0.6 is 11.6 Å². The molecule has 1 saturated heterocycles. The molecule has 8 heteroatoms. The smallest absolute Gasteiger partial charge is 0.243 e. The summed E-state index contributed by atoms with van der Waals surface area (Å²) in [7, 11) is -3.50. The lowest BCUT2D eigenvalue weighted by atomic mass is 10.2. The summed E-state index contributed by atoms with van der Waals surface area (Å²) in [5.41, 5.74) is 0.615. The zero-order chi connectivity index (χ0) is 18.7. The van der Waals surface area contributed by atoms with Crippen LogP contribution in [0.3, 0.4) is 0 Å². The van der Waals surface area contributed by atoms with Crippen LogP contribution in [0.2, 0.25) is 5.02 Å². The number of aromatic nitrogens is 2. The minimum absolute atomic E-state index is 0.310. The van der Waals surface area contributed by atoms with Crippen molar-refractivity contribution in [2.24, 2.45) is 0 Å². The Morgan fingerprint density at radius 3 is 2.58 bits per heavy atom. The molecule has 0 spiro atoms. The molecule has 1 aromatic heterocycles. The first kappa shape index (κ1) is 19.4. The Hall–Kier alpha value is -1.41. The maximum absolute atomic E-state index is 12.9. The van der Waals surface area contributed by atoms with Gasteiger partial charge in [-0.05, 0) is 24.6 Å². The topological polar surface area (TPSA) is 58.4 Å². The fourth-order valence-electron chi connectivity index (χ4n) is 3.31. The van der Waals surface area contributed by atoms with Crippen molar-refractivity contribution >= 4 is 21.6 Å². The highest BCUT2D eigenvalue weighted by atomic mass is 35.5. The largest absolute Gasteiger partial charge is 0.334 e. The number of piperazine rings is 1. The van der Waals surface area contributed by atoms with Crippen LogP contribution in [0.15, 0.2) is 35.5 Å². The van der Waals surface area contributed by atoms with Gasteiger partial charge in [-0.25, -0.2) is 13.4 Å². The number of halogens is 1. The molecule has 0 unspecified atom stereocenters. The quantitative estimate of drug-likeness (QED) is 0.752. The van der Waals surface area contributed by atoms with Crippen molar-refractivity contribution < 1.29 is 8.42 Å². The second-order valence-corrected chi connectivity index (χ2v) is 8.81. The summed E-state index contributed by atoms with van der Waals surface area (Å²) in [6, 6.07) is 5.04. The van der Waals surface area contributed by atoms with Crippen molar-refractivity contribution in [1.29, 1.82) is 0 Å². The van der Waals surface area contributed by atoms with Crippen LogP contribution in [-0.4, -0.2) is 59.9 Å². The van der Waals surface area contributed by atoms with E-state index in [1.165, 1.54) is 0 Å². The summed E-state index contributed by atoms with van der Waals surface area (Å²) in [5, 5.41) is 0.483. The molecule has 0 bridgehead atoms. The van der Waals surface area contributed by atoms with E-state index in [-0.39, 0.29) is 0 Å². The predicted molar refractivity (Wildman–Crippen MR) is 103 cm³/mol. The highest BCUT2D eigenvalue weighted by molar-refractivity contribution is 7.89. The molecule has 0 saturated carbocycles. The number of imidazole rings is 1. The molecule has 142 valence electrons. The fourth-order valence-corrected chi connectivity index (χ4v) is 5.21. The number of hydrogen-bond donors (Lipinski definition) is 0. The van der Waals surface area contributed by atoms with E-state index in [0.29, 0.717) is 28.6 Å². The van der Waals surface area contributed by atoms with Crippen molar-refractivity contribution in [3.8, 4) is 0 Å². The molecule has 0 atom stereocenters. The lowest BCUT2D eigenvalue weighted by Gasteiger charge is -2.34. The van der Waals surface area contributed by atoms with E-state index in [0.717, 1.165) is 38.4 Å². The third-order valence-electron chi connectivity index (χ3n) is 4.94. The molecule has 2 aromatic rings. The molecule has 1 fully saturated rings. The maximum Gasteiger partial charge on any atom is 0.243 e. The van der Waals surface area contributed by atoms with Gasteiger partial charge in [0.25, 0.3) is 0 Å². The molecule has 2 heterocycles. The molecule has 0 aliphatic carbocycles. The lowest BCUT2D eigenvalue weighted by molar-refractivity contribution is 0.182. The Morgan fingerprint density at radius 2 is 1.88 bits per heavy atom. The zero-order valence-corrected chi connectivity index (χ0v) is 16.8. The van der Waals surface area contributed by atoms with Crippen LogP contribution in [0.5, 0.6) is 0 Å². The summed E-state index contributed by atoms with van der Waals surface area (Å²) in [6.45, 7) is 8.08. The van der Waals surface area contributed by atoms with Gasteiger partial charge in [-0.1, -0.05) is 24.6 Å². The molecule has 1 aromatic carbocycles. The summed E-state index contributed by atoms with van der Waals surface area (Å²) < 4.78 is 29.6. The summed E-state index contributed by atoms with van der Waals surface area (Å²) in [6.07, 6.45) is 4.75. The Kier molecular flexibility index (Phi) is 6.02. The molecule has 3 rings (SSSR count). The van der Waals surface area contributed by atoms with Gasteiger partial charge in [0.15, 0.2) is 0 Å². The molecule has 6 nitrogen and oxygen atoms in total. The summed E-state index contributed by atoms with van der Waals surface area (Å²) in [4.78, 5) is 6.95. The molecule has 0 amide bonds. The molecule has 26 heavy (non-hydrogen) atoms. The minimum Gasteiger partial charge on any atom is -0.334 e. The highest BCUT2D eigenvalue weighted by Gasteiger charge is 2.29. The first-order valence-corrected chi connectivity index (χ1v) is 10.7. The van der Waals surface area contributed by atoms with E-state index in [4.69, 9.17) is 11.6 Å². The first-order valence-electron chi connectivity index (χ1n) is 8.91. The van der Waals surface area contributed by atoms with Gasteiger partial charge in [0.2, 0.25) is 10.0 Å². The zero-order valence-electron chi connectivity index (χ0n) is 15.2. The Morgan fingerprint density at radius 1 is 1.15 bits per heavy atom. The van der Waals surface area contributed by atoms with Gasteiger partial charge < -0.3 is 4.57 Å². The standard InChI is InChI=1S/C18H25ClN4O2S/c1-3-18-20-7-8-22(18)12-9-21-10-13-23(14-11-21)26(24,25)17-6-4-5-16(19)15(17)2/h4-8H,3,9-14H2,1-2H3. The van der Waals surface area contributed by atoms with E-state index >= 15 is 0 Å². The third kappa shape index (κ3) is 3.96. The second-order valence-electron chi connectivity index (χ2n) is 6.50. The van der Waals surface area contributed by atoms with E-state index in [2.05, 4.69) is 21.4 Å². The predicted octanol–water partition coefficient (Wildman–Crippen LogP) is 2.41. The van der Waals surface area contributed by atoms with Gasteiger partial charge in [-0.2, -0.15) is 4.31 Å². The van der Waals surface area contributed by atoms with Crippen molar-refractivity contribution in [2.75, 3.05) is 32.7 Å². The average Bonchev–Trinajstić information content (AvgIpc) is 3.10. The van der Waals surface area contributed by atoms with Crippen LogP contribution in [0.1, 0.15) is 18.3 Å². The number of rotatable bonds is 6. The van der Waals surface area contributed by atoms with E-state index < -0.39 is 10.0 Å². The number of sulfonamides is 1. The number of aryl methyl sites for hydroxylation is 1. The molecular weight excluding hydrogens is 372 g/mol. The van der Waals surface area contributed by atoms with Crippen molar-refractivity contribution in [2.45, 2.75) is 31.7 Å². The minimum atomic E-state index is -3.50. The first-order chi connectivity index (χ1) is 12.4. The fraction of sp³-hybridized carbons (Fsp3) is 0.500. The van der Waals surface area contributed by atoms with Gasteiger partial charge in [0, 0.05) is 63.1 Å². The Labute approximate surface area is 160 Å². The van der Waals surface area contributed by atoms with Crippen LogP contribution in [0.25, 0.3) is 0 Å². The molecule has 1 aliphatic rings.